The molecule has 2 aromatic rings. The third-order valence-electron chi connectivity index (χ3n) is 5.96. The smallest absolute Gasteiger partial charge is 0.352 e. The summed E-state index contributed by atoms with van der Waals surface area (Å²) >= 11 is 3.44. The highest BCUT2D eigenvalue weighted by Crippen LogP contribution is 2.41. The number of carboxylic acids is 2. The molecular formula is C21H25N10O7S3+. The van der Waals surface area contributed by atoms with Gasteiger partial charge in [0.2, 0.25) is 17.7 Å². The van der Waals surface area contributed by atoms with Crippen molar-refractivity contribution in [3.8, 4) is 0 Å². The number of carbonyl (C=O) groups excluding carboxylic acids is 2. The molecule has 2 aliphatic rings. The van der Waals surface area contributed by atoms with Crippen LogP contribution in [0.2, 0.25) is 0 Å². The molecule has 3 atom stereocenters. The highest BCUT2D eigenvalue weighted by Gasteiger charge is 2.54. The summed E-state index contributed by atoms with van der Waals surface area (Å²) in [6.45, 7) is 1.21. The van der Waals surface area contributed by atoms with Crippen LogP contribution in [0.3, 0.4) is 0 Å². The summed E-state index contributed by atoms with van der Waals surface area (Å²) in [7, 11) is 1.63. The zero-order valence-corrected chi connectivity index (χ0v) is 23.9. The lowest BCUT2D eigenvalue weighted by Gasteiger charge is -2.49. The minimum Gasteiger partial charge on any atom is -0.478 e. The molecule has 17 nitrogen and oxygen atoms in total. The number of nitrogens with two attached hydrogens (primary N) is 4. The molecule has 11 N–H and O–H groups in total. The van der Waals surface area contributed by atoms with E-state index in [0.717, 1.165) is 16.2 Å². The number of β-lactam (4-membered cyclic amide) rings is 1. The fourth-order valence-corrected chi connectivity index (χ4v) is 6.74. The number of oxime groups is 1. The van der Waals surface area contributed by atoms with Gasteiger partial charge in [-0.05, 0) is 24.3 Å². The lowest BCUT2D eigenvalue weighted by Crippen LogP contribution is -2.71. The molecule has 0 saturated carbocycles. The zero-order valence-electron chi connectivity index (χ0n) is 21.4. The Kier molecular flexibility index (Phi) is 8.44. The Bertz CT molecular complexity index is 1510. The fourth-order valence-electron chi connectivity index (χ4n) is 3.72. The monoisotopic (exact) mass is 625 g/mol. The molecular weight excluding hydrogens is 600 g/mol. The second kappa shape index (κ2) is 11.7. The van der Waals surface area contributed by atoms with Crippen molar-refractivity contribution in [3.63, 3.8) is 0 Å². The van der Waals surface area contributed by atoms with Crippen LogP contribution in [0, 0.1) is 0 Å². The summed E-state index contributed by atoms with van der Waals surface area (Å²) in [5.74, 6) is -3.53. The highest BCUT2D eigenvalue weighted by molar-refractivity contribution is 8.01. The van der Waals surface area contributed by atoms with Gasteiger partial charge in [-0.25, -0.2) is 19.1 Å². The predicted molar refractivity (Wildman–Crippen MR) is 150 cm³/mol. The summed E-state index contributed by atoms with van der Waals surface area (Å²) < 4.78 is 1.52. The number of nitrogens with one attached hydrogen (secondary N) is 1. The van der Waals surface area contributed by atoms with Crippen molar-refractivity contribution in [3.05, 3.63) is 22.3 Å². The first-order chi connectivity index (χ1) is 19.3. The molecule has 218 valence electrons. The lowest BCUT2D eigenvalue weighted by molar-refractivity contribution is -0.698. The number of amides is 2. The number of carbonyl (C=O) groups is 4. The third kappa shape index (κ3) is 5.79. The molecule has 0 spiro atoms. The molecule has 0 aliphatic carbocycles. The first kappa shape index (κ1) is 29.7. The number of aliphatic carboxylic acids is 2. The minimum absolute atomic E-state index is 0.0126. The van der Waals surface area contributed by atoms with E-state index in [9.17, 15) is 24.3 Å². The molecule has 2 aromatic heterocycles. The average Bonchev–Trinajstić information content (AvgIpc) is 3.36. The largest absolute Gasteiger partial charge is 0.478 e. The van der Waals surface area contributed by atoms with E-state index in [1.54, 1.807) is 7.05 Å². The summed E-state index contributed by atoms with van der Waals surface area (Å²) in [4.78, 5) is 63.7. The van der Waals surface area contributed by atoms with Crippen LogP contribution in [0.1, 0.15) is 12.6 Å². The number of carboxylic acid groups (broad SMARTS) is 2. The van der Waals surface area contributed by atoms with Gasteiger partial charge >= 0.3 is 17.1 Å². The Hall–Kier alpha value is -4.30. The first-order valence-electron chi connectivity index (χ1n) is 11.5. The molecule has 20 heteroatoms. The number of aromatic nitrogens is 3. The number of rotatable bonds is 10. The Labute approximate surface area is 244 Å². The van der Waals surface area contributed by atoms with E-state index in [1.807, 2.05) is 0 Å². The van der Waals surface area contributed by atoms with E-state index < -0.39 is 47.0 Å². The number of anilines is 4. The van der Waals surface area contributed by atoms with Gasteiger partial charge in [-0.3, -0.25) is 14.5 Å². The number of nitrogen functional groups attached to an aromatic ring is 4. The zero-order chi connectivity index (χ0) is 30.2. The van der Waals surface area contributed by atoms with Crippen molar-refractivity contribution in [2.45, 2.75) is 29.6 Å². The summed E-state index contributed by atoms with van der Waals surface area (Å²) in [6.07, 6.45) is -1.37. The van der Waals surface area contributed by atoms with Gasteiger partial charge in [0.25, 0.3) is 11.8 Å². The average molecular weight is 626 g/mol. The number of fused-ring (bicyclic) bond motifs is 1. The second-order valence-corrected chi connectivity index (χ2v) is 11.6. The van der Waals surface area contributed by atoms with Crippen LogP contribution in [-0.2, 0) is 31.1 Å². The Morgan fingerprint density at radius 2 is 2.00 bits per heavy atom. The van der Waals surface area contributed by atoms with Gasteiger partial charge in [-0.1, -0.05) is 10.1 Å². The summed E-state index contributed by atoms with van der Waals surface area (Å²) in [5.41, 5.74) is 23.2. The van der Waals surface area contributed by atoms with Crippen molar-refractivity contribution in [2.75, 3.05) is 34.4 Å². The molecule has 1 saturated heterocycles. The number of thiazole rings is 1. The molecule has 0 radical (unpaired) electrons. The van der Waals surface area contributed by atoms with E-state index in [1.165, 1.54) is 40.4 Å². The third-order valence-corrected chi connectivity index (χ3v) is 9.09. The molecule has 41 heavy (non-hydrogen) atoms. The standard InChI is InChI=1S/C21H24N10O7S3/c1-6(18(34)35)38-29-10(8-5-40-20(25)26-8)15(32)27-11-16(33)31-12(19(36)37)7(3-39-17(11)31)4-41-21-28-13(23)9(22)14(24)30(21)2/h5-6,11,17H,3-4H2,1-2H3,(H10,22,23,24,25,26,27,29,32,34,35,36,37)/p+1/t6-,11?,17+/m0/s1. The van der Waals surface area contributed by atoms with Gasteiger partial charge in [0, 0.05) is 16.9 Å². The van der Waals surface area contributed by atoms with Crippen LogP contribution in [-0.4, -0.2) is 83.6 Å². The minimum atomic E-state index is -1.37. The second-order valence-electron chi connectivity index (χ2n) is 8.64. The molecule has 4 heterocycles. The van der Waals surface area contributed by atoms with Crippen LogP contribution in [0.5, 0.6) is 0 Å². The van der Waals surface area contributed by atoms with Crippen molar-refractivity contribution >= 4 is 86.8 Å². The quantitative estimate of drug-likeness (QED) is 0.0391. The summed E-state index contributed by atoms with van der Waals surface area (Å²) in [6, 6.07) is -1.09. The van der Waals surface area contributed by atoms with Crippen molar-refractivity contribution < 1.29 is 38.8 Å². The van der Waals surface area contributed by atoms with Crippen molar-refractivity contribution in [1.29, 1.82) is 0 Å². The Morgan fingerprint density at radius 3 is 2.61 bits per heavy atom. The van der Waals surface area contributed by atoms with Gasteiger partial charge in [0.1, 0.15) is 22.8 Å². The van der Waals surface area contributed by atoms with Gasteiger partial charge in [-0.2, -0.15) is 0 Å². The normalized spacial score (nSPS) is 19.3. The van der Waals surface area contributed by atoms with Gasteiger partial charge in [-0.15, -0.1) is 23.1 Å². The molecule has 0 aromatic carbocycles. The maximum Gasteiger partial charge on any atom is 0.352 e. The van der Waals surface area contributed by atoms with Crippen molar-refractivity contribution in [1.82, 2.24) is 20.2 Å². The summed E-state index contributed by atoms with van der Waals surface area (Å²) in [5, 5.41) is 26.4. The molecule has 4 rings (SSSR count). The Balaban J connectivity index is 1.52. The van der Waals surface area contributed by atoms with Gasteiger partial charge in [0.05, 0.1) is 7.05 Å². The van der Waals surface area contributed by atoms with Crippen LogP contribution < -0.4 is 32.8 Å². The van der Waals surface area contributed by atoms with Crippen LogP contribution in [0.4, 0.5) is 22.5 Å². The number of hydrogen-bond donors (Lipinski definition) is 7. The number of nitrogens with zero attached hydrogens (tertiary/aromatic N) is 5. The predicted octanol–water partition coefficient (Wildman–Crippen LogP) is -1.58. The van der Waals surface area contributed by atoms with E-state index >= 15 is 0 Å². The van der Waals surface area contributed by atoms with Gasteiger partial charge in [0.15, 0.2) is 16.5 Å². The maximum atomic E-state index is 13.1. The van der Waals surface area contributed by atoms with Crippen molar-refractivity contribution in [2.24, 2.45) is 12.2 Å². The van der Waals surface area contributed by atoms with E-state index in [2.05, 4.69) is 20.4 Å². The van der Waals surface area contributed by atoms with E-state index in [0.29, 0.717) is 10.7 Å². The van der Waals surface area contributed by atoms with E-state index in [4.69, 9.17) is 32.9 Å². The molecule has 2 amide bonds. The molecule has 0 bridgehead atoms. The fraction of sp³-hybridized carbons (Fsp3) is 0.333. The molecule has 1 fully saturated rings. The molecule has 2 aliphatic heterocycles. The van der Waals surface area contributed by atoms with E-state index in [-0.39, 0.29) is 45.4 Å². The SMILES string of the molecule is C[C@H](O/N=C(\C(=O)NC1C(=O)N2C(C(=O)O)=C(CSc3nc(N)c(N)c(N)[n+]3C)CS[C@H]12)c1csc(N)n1)C(=O)O. The van der Waals surface area contributed by atoms with Crippen LogP contribution in [0.15, 0.2) is 27.0 Å². The topological polar surface area (TPSA) is 279 Å². The Morgan fingerprint density at radius 1 is 1.29 bits per heavy atom. The van der Waals surface area contributed by atoms with Crippen LogP contribution >= 0.6 is 34.9 Å². The van der Waals surface area contributed by atoms with Gasteiger partial charge < -0.3 is 43.3 Å². The maximum absolute atomic E-state index is 13.1. The lowest BCUT2D eigenvalue weighted by atomic mass is 10.0. The first-order valence-corrected chi connectivity index (χ1v) is 14.4. The van der Waals surface area contributed by atoms with Crippen LogP contribution in [0.25, 0.3) is 0 Å². The highest BCUT2D eigenvalue weighted by atomic mass is 32.2. The molecule has 1 unspecified atom stereocenters. The number of thioether (sulfide) groups is 2. The number of hydrogen-bond acceptors (Lipinski definition) is 15.